The van der Waals surface area contributed by atoms with Gasteiger partial charge in [0.25, 0.3) is 17.5 Å². The van der Waals surface area contributed by atoms with Gasteiger partial charge in [0, 0.05) is 18.2 Å². The molecular formula is C29H24N4O6. The number of non-ortho nitro benzene ring substituents is 1. The zero-order valence-electron chi connectivity index (χ0n) is 20.9. The van der Waals surface area contributed by atoms with Crippen molar-refractivity contribution in [3.05, 3.63) is 99.6 Å². The quantitative estimate of drug-likeness (QED) is 0.283. The Balaban J connectivity index is 1.37. The van der Waals surface area contributed by atoms with Crippen molar-refractivity contribution in [1.29, 1.82) is 0 Å². The maximum atomic E-state index is 13.9. The summed E-state index contributed by atoms with van der Waals surface area (Å²) < 4.78 is 0. The Kier molecular flexibility index (Phi) is 5.94. The number of nitrogens with zero attached hydrogens (tertiary/aromatic N) is 4. The molecule has 196 valence electrons. The summed E-state index contributed by atoms with van der Waals surface area (Å²) >= 11 is 0. The van der Waals surface area contributed by atoms with Crippen LogP contribution >= 0.6 is 0 Å². The number of fused-ring (bicyclic) bond motifs is 3. The Hall–Kier alpha value is -4.86. The van der Waals surface area contributed by atoms with Gasteiger partial charge in [0.1, 0.15) is 6.54 Å². The average molecular weight is 525 g/mol. The molecule has 0 N–H and O–H groups in total. The number of imide groups is 1. The van der Waals surface area contributed by atoms with Crippen molar-refractivity contribution in [2.75, 3.05) is 16.3 Å². The van der Waals surface area contributed by atoms with Crippen molar-refractivity contribution in [1.82, 2.24) is 4.90 Å². The summed E-state index contributed by atoms with van der Waals surface area (Å²) in [6, 6.07) is 19.2. The number of amides is 4. The second-order valence-corrected chi connectivity index (χ2v) is 9.95. The van der Waals surface area contributed by atoms with Gasteiger partial charge >= 0.3 is 0 Å². The fourth-order valence-corrected chi connectivity index (χ4v) is 5.96. The van der Waals surface area contributed by atoms with Gasteiger partial charge in [-0.3, -0.25) is 34.2 Å². The van der Waals surface area contributed by atoms with Gasteiger partial charge in [0.05, 0.1) is 39.9 Å². The van der Waals surface area contributed by atoms with Crippen molar-refractivity contribution in [3.8, 4) is 0 Å². The highest BCUT2D eigenvalue weighted by molar-refractivity contribution is 6.23. The Morgan fingerprint density at radius 1 is 0.846 bits per heavy atom. The fourth-order valence-electron chi connectivity index (χ4n) is 5.96. The topological polar surface area (TPSA) is 121 Å². The van der Waals surface area contributed by atoms with Gasteiger partial charge in [-0.25, -0.2) is 0 Å². The van der Waals surface area contributed by atoms with Crippen molar-refractivity contribution in [2.24, 2.45) is 5.92 Å². The van der Waals surface area contributed by atoms with E-state index in [0.29, 0.717) is 29.8 Å². The van der Waals surface area contributed by atoms with Gasteiger partial charge in [0.2, 0.25) is 11.8 Å². The molecule has 0 aromatic heterocycles. The van der Waals surface area contributed by atoms with Crippen molar-refractivity contribution in [3.63, 3.8) is 0 Å². The highest BCUT2D eigenvalue weighted by Crippen LogP contribution is 2.43. The van der Waals surface area contributed by atoms with Gasteiger partial charge in [-0.15, -0.1) is 0 Å². The minimum absolute atomic E-state index is 0.0699. The SMILES string of the molecule is O=C1c2ccccc2C(=O)N1CC(=O)N1c2ccccc2N(Cc2cccc([N+](=O)[O-])c2)C(=O)[C@H]2CCC[C@H]21. The molecule has 10 nitrogen and oxygen atoms in total. The fraction of sp³-hybridized carbons (Fsp3) is 0.241. The maximum absolute atomic E-state index is 13.9. The Bertz CT molecular complexity index is 1520. The first-order chi connectivity index (χ1) is 18.8. The Morgan fingerprint density at radius 3 is 2.21 bits per heavy atom. The van der Waals surface area contributed by atoms with Crippen molar-refractivity contribution < 1.29 is 24.1 Å². The van der Waals surface area contributed by atoms with E-state index in [1.807, 2.05) is 0 Å². The molecule has 39 heavy (non-hydrogen) atoms. The minimum Gasteiger partial charge on any atom is -0.306 e. The predicted octanol–water partition coefficient (Wildman–Crippen LogP) is 3.94. The van der Waals surface area contributed by atoms with Crippen LogP contribution in [0.3, 0.4) is 0 Å². The van der Waals surface area contributed by atoms with Crippen LogP contribution in [0.25, 0.3) is 0 Å². The molecule has 3 aromatic carbocycles. The third-order valence-electron chi connectivity index (χ3n) is 7.73. The summed E-state index contributed by atoms with van der Waals surface area (Å²) in [6.45, 7) is -0.343. The van der Waals surface area contributed by atoms with Gasteiger partial charge in [-0.2, -0.15) is 0 Å². The number of hydrogen-bond donors (Lipinski definition) is 0. The monoisotopic (exact) mass is 524 g/mol. The summed E-state index contributed by atoms with van der Waals surface area (Å²) in [5.74, 6) is -2.12. The van der Waals surface area contributed by atoms with Crippen LogP contribution in [0, 0.1) is 16.0 Å². The lowest BCUT2D eigenvalue weighted by atomic mass is 10.0. The molecule has 3 aliphatic rings. The molecule has 0 saturated heterocycles. The van der Waals surface area contributed by atoms with Gasteiger partial charge in [-0.1, -0.05) is 42.8 Å². The largest absolute Gasteiger partial charge is 0.306 e. The van der Waals surface area contributed by atoms with Crippen LogP contribution in [0.4, 0.5) is 17.1 Å². The standard InChI is InChI=1S/C29H24N4O6/c34-26(17-31-27(35)20-9-1-2-10-21(20)28(31)36)32-23-14-6-11-22(23)29(37)30(24-12-3-4-13-25(24)32)16-18-7-5-8-19(15-18)33(38)39/h1-5,7-10,12-13,15,22-23H,6,11,14,16-17H2/t22-,23+/m0/s1. The predicted molar refractivity (Wildman–Crippen MR) is 141 cm³/mol. The molecule has 0 radical (unpaired) electrons. The third kappa shape index (κ3) is 4.04. The molecule has 2 atom stereocenters. The maximum Gasteiger partial charge on any atom is 0.269 e. The lowest BCUT2D eigenvalue weighted by molar-refractivity contribution is -0.384. The number of anilines is 2. The molecule has 4 amide bonds. The zero-order chi connectivity index (χ0) is 27.3. The Morgan fingerprint density at radius 2 is 1.51 bits per heavy atom. The molecule has 6 rings (SSSR count). The number of carbonyl (C=O) groups is 4. The highest BCUT2D eigenvalue weighted by Gasteiger charge is 2.47. The van der Waals surface area contributed by atoms with E-state index in [9.17, 15) is 29.3 Å². The molecule has 0 spiro atoms. The van der Waals surface area contributed by atoms with Crippen LogP contribution in [0.15, 0.2) is 72.8 Å². The van der Waals surface area contributed by atoms with E-state index in [1.54, 1.807) is 70.5 Å². The third-order valence-corrected chi connectivity index (χ3v) is 7.73. The molecule has 1 aliphatic carbocycles. The van der Waals surface area contributed by atoms with Crippen LogP contribution in [0.1, 0.15) is 45.5 Å². The first-order valence-corrected chi connectivity index (χ1v) is 12.8. The summed E-state index contributed by atoms with van der Waals surface area (Å²) in [5, 5.41) is 11.3. The van der Waals surface area contributed by atoms with Gasteiger partial charge in [-0.05, 0) is 42.7 Å². The molecule has 3 aromatic rings. The molecule has 10 heteroatoms. The Labute approximate surface area is 223 Å². The number of hydrogen-bond acceptors (Lipinski definition) is 6. The molecule has 1 saturated carbocycles. The van der Waals surface area contributed by atoms with Crippen LogP contribution in [0.2, 0.25) is 0 Å². The molecule has 0 unspecified atom stereocenters. The number of carbonyl (C=O) groups excluding carboxylic acids is 4. The van der Waals surface area contributed by atoms with Crippen molar-refractivity contribution in [2.45, 2.75) is 31.8 Å². The van der Waals surface area contributed by atoms with Crippen LogP contribution in [0.5, 0.6) is 0 Å². The van der Waals surface area contributed by atoms with Crippen molar-refractivity contribution >= 4 is 40.7 Å². The molecular weight excluding hydrogens is 500 g/mol. The zero-order valence-corrected chi connectivity index (χ0v) is 20.9. The minimum atomic E-state index is -0.515. The summed E-state index contributed by atoms with van der Waals surface area (Å²) in [7, 11) is 0. The first-order valence-electron chi connectivity index (χ1n) is 12.8. The molecule has 1 fully saturated rings. The number of para-hydroxylation sites is 2. The van der Waals surface area contributed by atoms with E-state index in [-0.39, 0.29) is 29.3 Å². The van der Waals surface area contributed by atoms with E-state index in [4.69, 9.17) is 0 Å². The average Bonchev–Trinajstić information content (AvgIpc) is 3.49. The molecule has 2 heterocycles. The van der Waals surface area contributed by atoms with E-state index in [2.05, 4.69) is 0 Å². The summed E-state index contributed by atoms with van der Waals surface area (Å²) in [4.78, 5) is 68.8. The number of rotatable bonds is 5. The van der Waals surface area contributed by atoms with Crippen LogP contribution < -0.4 is 9.80 Å². The molecule has 0 bridgehead atoms. The van der Waals surface area contributed by atoms with Crippen LogP contribution in [-0.4, -0.2) is 46.0 Å². The number of nitro groups is 1. The lowest BCUT2D eigenvalue weighted by Gasteiger charge is -2.31. The second-order valence-electron chi connectivity index (χ2n) is 9.95. The summed E-state index contributed by atoms with van der Waals surface area (Å²) in [6.07, 6.45) is 1.92. The smallest absolute Gasteiger partial charge is 0.269 e. The van der Waals surface area contributed by atoms with Crippen LogP contribution in [-0.2, 0) is 16.1 Å². The summed E-state index contributed by atoms with van der Waals surface area (Å²) in [5.41, 5.74) is 2.06. The normalized spacial score (nSPS) is 20.0. The van der Waals surface area contributed by atoms with Gasteiger partial charge < -0.3 is 9.80 Å². The molecule has 2 aliphatic heterocycles. The second kappa shape index (κ2) is 9.46. The lowest BCUT2D eigenvalue weighted by Crippen LogP contribution is -2.49. The highest BCUT2D eigenvalue weighted by atomic mass is 16.6. The number of nitro benzene ring substituents is 1. The van der Waals surface area contributed by atoms with E-state index < -0.39 is 41.1 Å². The first kappa shape index (κ1) is 24.5. The number of benzene rings is 3. The van der Waals surface area contributed by atoms with E-state index >= 15 is 0 Å². The van der Waals surface area contributed by atoms with E-state index in [1.165, 1.54) is 12.1 Å². The van der Waals surface area contributed by atoms with E-state index in [0.717, 1.165) is 11.3 Å². The van der Waals surface area contributed by atoms with Gasteiger partial charge in [0.15, 0.2) is 0 Å².